The van der Waals surface area contributed by atoms with E-state index in [1.165, 1.54) is 12.0 Å². The molecule has 0 amide bonds. The van der Waals surface area contributed by atoms with Gasteiger partial charge in [-0.25, -0.2) is 0 Å². The van der Waals surface area contributed by atoms with Crippen LogP contribution in [0.15, 0.2) is 30.3 Å². The Hall–Kier alpha value is -0.820. The van der Waals surface area contributed by atoms with Crippen LogP contribution in [-0.4, -0.2) is 12.6 Å². The van der Waals surface area contributed by atoms with Gasteiger partial charge in [-0.05, 0) is 24.8 Å². The van der Waals surface area contributed by atoms with Crippen LogP contribution in [0.25, 0.3) is 0 Å². The van der Waals surface area contributed by atoms with Crippen molar-refractivity contribution in [2.75, 3.05) is 6.54 Å². The van der Waals surface area contributed by atoms with Crippen LogP contribution >= 0.6 is 0 Å². The van der Waals surface area contributed by atoms with Crippen molar-refractivity contribution in [2.24, 2.45) is 0 Å². The maximum absolute atomic E-state index is 3.47. The van der Waals surface area contributed by atoms with Crippen molar-refractivity contribution in [3.05, 3.63) is 35.9 Å². The molecule has 1 aliphatic rings. The van der Waals surface area contributed by atoms with Crippen molar-refractivity contribution in [1.29, 1.82) is 0 Å². The van der Waals surface area contributed by atoms with Crippen LogP contribution in [0.1, 0.15) is 24.8 Å². The molecule has 1 nitrogen and oxygen atoms in total. The van der Waals surface area contributed by atoms with Crippen LogP contribution in [0, 0.1) is 0 Å². The Morgan fingerprint density at radius 2 is 2.00 bits per heavy atom. The zero-order valence-corrected chi connectivity index (χ0v) is 7.46. The van der Waals surface area contributed by atoms with E-state index in [1.54, 1.807) is 0 Å². The highest BCUT2D eigenvalue weighted by molar-refractivity contribution is 5.21. The second-order valence-electron chi connectivity index (χ2n) is 3.65. The summed E-state index contributed by atoms with van der Waals surface area (Å²) in [5.74, 6) is 0.737. The van der Waals surface area contributed by atoms with Gasteiger partial charge in [0, 0.05) is 12.6 Å². The summed E-state index contributed by atoms with van der Waals surface area (Å²) >= 11 is 0. The summed E-state index contributed by atoms with van der Waals surface area (Å²) in [5.41, 5.74) is 1.48. The van der Waals surface area contributed by atoms with Crippen molar-refractivity contribution in [3.63, 3.8) is 0 Å². The molecule has 1 fully saturated rings. The Bertz CT molecular complexity index is 242. The van der Waals surface area contributed by atoms with Gasteiger partial charge in [0.15, 0.2) is 0 Å². The van der Waals surface area contributed by atoms with Crippen molar-refractivity contribution >= 4 is 0 Å². The molecule has 12 heavy (non-hydrogen) atoms. The lowest BCUT2D eigenvalue weighted by Gasteiger charge is -2.07. The van der Waals surface area contributed by atoms with Crippen LogP contribution in [-0.2, 0) is 0 Å². The van der Waals surface area contributed by atoms with Gasteiger partial charge in [0.2, 0.25) is 0 Å². The standard InChI is InChI=1S/C11H15N/c1-9-7-11(8-12-9)10-5-3-2-4-6-10/h2-6,9,11-12H,7-8H2,1H3/t9-,11+/m0/s1. The van der Waals surface area contributed by atoms with Crippen LogP contribution in [0.4, 0.5) is 0 Å². The van der Waals surface area contributed by atoms with E-state index in [9.17, 15) is 0 Å². The fourth-order valence-corrected chi connectivity index (χ4v) is 1.92. The normalized spacial score (nSPS) is 29.1. The molecule has 1 aliphatic heterocycles. The minimum Gasteiger partial charge on any atom is -0.314 e. The van der Waals surface area contributed by atoms with Crippen LogP contribution in [0.5, 0.6) is 0 Å². The topological polar surface area (TPSA) is 12.0 Å². The first-order chi connectivity index (χ1) is 5.86. The van der Waals surface area contributed by atoms with Crippen LogP contribution in [0.3, 0.4) is 0 Å². The third-order valence-electron chi connectivity index (χ3n) is 2.62. The maximum atomic E-state index is 3.47. The summed E-state index contributed by atoms with van der Waals surface area (Å²) in [5, 5.41) is 3.47. The number of rotatable bonds is 1. The summed E-state index contributed by atoms with van der Waals surface area (Å²) in [6, 6.07) is 11.5. The summed E-state index contributed by atoms with van der Waals surface area (Å²) in [6.45, 7) is 3.40. The molecule has 1 saturated heterocycles. The summed E-state index contributed by atoms with van der Waals surface area (Å²) in [4.78, 5) is 0. The predicted molar refractivity (Wildman–Crippen MR) is 51.3 cm³/mol. The van der Waals surface area contributed by atoms with E-state index in [4.69, 9.17) is 0 Å². The molecule has 1 N–H and O–H groups in total. The van der Waals surface area contributed by atoms with Gasteiger partial charge in [-0.15, -0.1) is 0 Å². The molecule has 64 valence electrons. The minimum atomic E-state index is 0.690. The van der Waals surface area contributed by atoms with Crippen LogP contribution < -0.4 is 5.32 Å². The number of hydrogen-bond donors (Lipinski definition) is 1. The smallest absolute Gasteiger partial charge is 0.00452 e. The highest BCUT2D eigenvalue weighted by Crippen LogP contribution is 2.24. The van der Waals surface area contributed by atoms with Crippen molar-refractivity contribution in [1.82, 2.24) is 5.32 Å². The quantitative estimate of drug-likeness (QED) is 0.665. The molecule has 0 saturated carbocycles. The van der Waals surface area contributed by atoms with Gasteiger partial charge in [-0.1, -0.05) is 30.3 Å². The van der Waals surface area contributed by atoms with Gasteiger partial charge in [0.25, 0.3) is 0 Å². The van der Waals surface area contributed by atoms with Gasteiger partial charge in [-0.2, -0.15) is 0 Å². The zero-order chi connectivity index (χ0) is 8.39. The number of nitrogens with one attached hydrogen (secondary N) is 1. The van der Waals surface area contributed by atoms with Gasteiger partial charge in [0.1, 0.15) is 0 Å². The molecule has 2 atom stereocenters. The molecular formula is C11H15N. The zero-order valence-electron chi connectivity index (χ0n) is 7.46. The molecule has 0 aromatic heterocycles. The molecule has 0 unspecified atom stereocenters. The van der Waals surface area contributed by atoms with Crippen molar-refractivity contribution in [3.8, 4) is 0 Å². The first-order valence-corrected chi connectivity index (χ1v) is 4.64. The Morgan fingerprint density at radius 1 is 1.25 bits per heavy atom. The van der Waals surface area contributed by atoms with E-state index in [0.717, 1.165) is 12.5 Å². The average molecular weight is 161 g/mol. The lowest BCUT2D eigenvalue weighted by Crippen LogP contribution is -2.16. The molecule has 1 aromatic rings. The first-order valence-electron chi connectivity index (χ1n) is 4.64. The van der Waals surface area contributed by atoms with E-state index in [-0.39, 0.29) is 0 Å². The third kappa shape index (κ3) is 1.51. The lowest BCUT2D eigenvalue weighted by atomic mass is 9.97. The Kier molecular flexibility index (Phi) is 2.13. The van der Waals surface area contributed by atoms with E-state index >= 15 is 0 Å². The largest absolute Gasteiger partial charge is 0.314 e. The molecule has 0 bridgehead atoms. The lowest BCUT2D eigenvalue weighted by molar-refractivity contribution is 0.658. The maximum Gasteiger partial charge on any atom is 0.00452 e. The number of benzene rings is 1. The molecule has 2 rings (SSSR count). The highest BCUT2D eigenvalue weighted by Gasteiger charge is 2.21. The van der Waals surface area contributed by atoms with Gasteiger partial charge < -0.3 is 5.32 Å². The number of hydrogen-bond acceptors (Lipinski definition) is 1. The van der Waals surface area contributed by atoms with Gasteiger partial charge in [-0.3, -0.25) is 0 Å². The Labute approximate surface area is 73.8 Å². The predicted octanol–water partition coefficient (Wildman–Crippen LogP) is 2.15. The second-order valence-corrected chi connectivity index (χ2v) is 3.65. The van der Waals surface area contributed by atoms with Gasteiger partial charge in [0.05, 0.1) is 0 Å². The van der Waals surface area contributed by atoms with E-state index < -0.39 is 0 Å². The minimum absolute atomic E-state index is 0.690. The molecule has 1 heteroatoms. The summed E-state index contributed by atoms with van der Waals surface area (Å²) in [7, 11) is 0. The average Bonchev–Trinajstić information content (AvgIpc) is 2.54. The third-order valence-corrected chi connectivity index (χ3v) is 2.62. The Balaban J connectivity index is 2.11. The molecule has 0 radical (unpaired) electrons. The highest BCUT2D eigenvalue weighted by atomic mass is 14.9. The van der Waals surface area contributed by atoms with Crippen molar-refractivity contribution < 1.29 is 0 Å². The van der Waals surface area contributed by atoms with E-state index in [0.29, 0.717) is 6.04 Å². The van der Waals surface area contributed by atoms with Crippen LogP contribution in [0.2, 0.25) is 0 Å². The van der Waals surface area contributed by atoms with Gasteiger partial charge >= 0.3 is 0 Å². The van der Waals surface area contributed by atoms with E-state index in [2.05, 4.69) is 42.6 Å². The van der Waals surface area contributed by atoms with E-state index in [1.807, 2.05) is 0 Å². The van der Waals surface area contributed by atoms with Crippen molar-refractivity contribution in [2.45, 2.75) is 25.3 Å². The molecule has 1 heterocycles. The second kappa shape index (κ2) is 3.28. The Morgan fingerprint density at radius 3 is 2.58 bits per heavy atom. The fourth-order valence-electron chi connectivity index (χ4n) is 1.92. The SMILES string of the molecule is C[C@H]1C[C@@H](c2ccccc2)CN1. The molecule has 1 aromatic carbocycles. The fraction of sp³-hybridized carbons (Fsp3) is 0.455. The monoisotopic (exact) mass is 161 g/mol. The molecule has 0 spiro atoms. The first kappa shape index (κ1) is 7.81. The summed E-state index contributed by atoms with van der Waals surface area (Å²) < 4.78 is 0. The molecule has 0 aliphatic carbocycles. The molecular weight excluding hydrogens is 146 g/mol. The summed E-state index contributed by atoms with van der Waals surface area (Å²) in [6.07, 6.45) is 1.28.